The first-order chi connectivity index (χ1) is 13.3. The van der Waals surface area contributed by atoms with Gasteiger partial charge in [-0.2, -0.15) is 0 Å². The molecule has 28 heavy (non-hydrogen) atoms. The molecule has 0 radical (unpaired) electrons. The Morgan fingerprint density at radius 1 is 1.32 bits per heavy atom. The molecule has 1 aromatic rings. The van der Waals surface area contributed by atoms with Gasteiger partial charge in [-0.25, -0.2) is 4.98 Å². The highest BCUT2D eigenvalue weighted by Crippen LogP contribution is 2.18. The van der Waals surface area contributed by atoms with E-state index in [0.717, 1.165) is 57.1 Å². The first-order valence-corrected chi connectivity index (χ1v) is 9.96. The number of nitrogens with one attached hydrogen (secondary N) is 1. The number of piperidine rings is 1. The second kappa shape index (κ2) is 12.4. The molecule has 8 heteroatoms. The van der Waals surface area contributed by atoms with E-state index < -0.39 is 0 Å². The zero-order valence-corrected chi connectivity index (χ0v) is 19.3. The fraction of sp³-hybridized carbons (Fsp3) is 0.700. The molecule has 1 aromatic heterocycles. The third kappa shape index (κ3) is 7.04. The van der Waals surface area contributed by atoms with E-state index in [1.54, 1.807) is 13.3 Å². The van der Waals surface area contributed by atoms with Gasteiger partial charge in [0.2, 0.25) is 5.88 Å². The van der Waals surface area contributed by atoms with Gasteiger partial charge in [0.1, 0.15) is 0 Å². The average molecular weight is 504 g/mol. The molecule has 0 saturated carbocycles. The third-order valence-corrected chi connectivity index (χ3v) is 5.20. The summed E-state index contributed by atoms with van der Waals surface area (Å²) in [6, 6.07) is 3.92. The van der Waals surface area contributed by atoms with Crippen LogP contribution in [0.25, 0.3) is 0 Å². The van der Waals surface area contributed by atoms with Gasteiger partial charge in [0.05, 0.1) is 25.9 Å². The van der Waals surface area contributed by atoms with Crippen molar-refractivity contribution in [3.63, 3.8) is 0 Å². The predicted octanol–water partition coefficient (Wildman–Crippen LogP) is 2.83. The third-order valence-electron chi connectivity index (χ3n) is 5.20. The molecule has 1 N–H and O–H groups in total. The summed E-state index contributed by atoms with van der Waals surface area (Å²) in [6.07, 6.45) is 8.02. The molecule has 2 aliphatic rings. The number of methoxy groups -OCH3 is 1. The minimum absolute atomic E-state index is 0. The lowest BCUT2D eigenvalue weighted by atomic mass is 10.1. The second-order valence-corrected chi connectivity index (χ2v) is 7.12. The van der Waals surface area contributed by atoms with Crippen molar-refractivity contribution in [1.82, 2.24) is 15.2 Å². The number of hydrogen-bond acceptors (Lipinski definition) is 5. The quantitative estimate of drug-likeness (QED) is 0.365. The number of aliphatic imine (C=N–C) groups is 1. The number of ether oxygens (including phenoxy) is 3. The predicted molar refractivity (Wildman–Crippen MR) is 121 cm³/mol. The molecule has 3 rings (SSSR count). The lowest BCUT2D eigenvalue weighted by molar-refractivity contribution is -0.0721. The maximum absolute atomic E-state index is 6.11. The highest BCUT2D eigenvalue weighted by Gasteiger charge is 2.23. The van der Waals surface area contributed by atoms with Crippen molar-refractivity contribution in [2.24, 2.45) is 4.99 Å². The summed E-state index contributed by atoms with van der Waals surface area (Å²) < 4.78 is 17.0. The van der Waals surface area contributed by atoms with Gasteiger partial charge in [-0.1, -0.05) is 0 Å². The summed E-state index contributed by atoms with van der Waals surface area (Å²) in [5.74, 6) is 1.56. The van der Waals surface area contributed by atoms with Crippen LogP contribution in [0.1, 0.15) is 37.7 Å². The molecule has 0 spiro atoms. The second-order valence-electron chi connectivity index (χ2n) is 7.12. The Morgan fingerprint density at radius 3 is 2.82 bits per heavy atom. The van der Waals surface area contributed by atoms with Gasteiger partial charge in [-0.3, -0.25) is 4.99 Å². The van der Waals surface area contributed by atoms with Crippen molar-refractivity contribution in [2.75, 3.05) is 40.5 Å². The SMILES string of the molecule is CN=C(NCc1ccnc(OC)c1)N1CCC(OCC2CCCCO2)CC1.I. The van der Waals surface area contributed by atoms with Crippen molar-refractivity contribution in [3.8, 4) is 5.88 Å². The van der Waals surface area contributed by atoms with Gasteiger partial charge in [-0.05, 0) is 43.7 Å². The summed E-state index contributed by atoms with van der Waals surface area (Å²) in [7, 11) is 3.46. The van der Waals surface area contributed by atoms with Crippen LogP contribution in [-0.2, 0) is 16.0 Å². The molecule has 7 nitrogen and oxygen atoms in total. The Kier molecular flexibility index (Phi) is 10.3. The Bertz CT molecular complexity index is 603. The summed E-state index contributed by atoms with van der Waals surface area (Å²) in [5.41, 5.74) is 1.12. The molecule has 0 aliphatic carbocycles. The van der Waals surface area contributed by atoms with Crippen LogP contribution in [0.15, 0.2) is 23.3 Å². The molecule has 2 aliphatic heterocycles. The smallest absolute Gasteiger partial charge is 0.213 e. The minimum atomic E-state index is 0. The number of nitrogens with zero attached hydrogens (tertiary/aromatic N) is 3. The summed E-state index contributed by atoms with van der Waals surface area (Å²) in [5, 5.41) is 3.44. The largest absolute Gasteiger partial charge is 0.481 e. The number of hydrogen-bond donors (Lipinski definition) is 1. The van der Waals surface area contributed by atoms with Crippen molar-refractivity contribution in [2.45, 2.75) is 50.9 Å². The standard InChI is InChI=1S/C20H32N4O3.HI/c1-21-20(23-14-16-6-9-22-19(13-16)25-2)24-10-7-17(8-11-24)27-15-18-5-3-4-12-26-18;/h6,9,13,17-18H,3-5,7-8,10-12,14-15H2,1-2H3,(H,21,23);1H. The average Bonchev–Trinajstić information content (AvgIpc) is 2.74. The highest BCUT2D eigenvalue weighted by molar-refractivity contribution is 14.0. The van der Waals surface area contributed by atoms with Crippen LogP contribution in [0.3, 0.4) is 0 Å². The van der Waals surface area contributed by atoms with E-state index in [1.165, 1.54) is 12.8 Å². The van der Waals surface area contributed by atoms with Crippen LogP contribution in [-0.4, -0.2) is 68.5 Å². The lowest BCUT2D eigenvalue weighted by Gasteiger charge is -2.35. The van der Waals surface area contributed by atoms with Gasteiger partial charge in [-0.15, -0.1) is 24.0 Å². The zero-order chi connectivity index (χ0) is 18.9. The molecule has 1 unspecified atom stereocenters. The summed E-state index contributed by atoms with van der Waals surface area (Å²) in [6.45, 7) is 4.23. The fourth-order valence-corrected chi connectivity index (χ4v) is 3.60. The van der Waals surface area contributed by atoms with Crippen molar-refractivity contribution >= 4 is 29.9 Å². The van der Waals surface area contributed by atoms with Crippen molar-refractivity contribution in [3.05, 3.63) is 23.9 Å². The van der Waals surface area contributed by atoms with Crippen LogP contribution in [0.5, 0.6) is 5.88 Å². The van der Waals surface area contributed by atoms with Gasteiger partial charge < -0.3 is 24.4 Å². The zero-order valence-electron chi connectivity index (χ0n) is 16.9. The monoisotopic (exact) mass is 504 g/mol. The lowest BCUT2D eigenvalue weighted by Crippen LogP contribution is -2.47. The van der Waals surface area contributed by atoms with E-state index in [1.807, 2.05) is 19.2 Å². The molecule has 0 aromatic carbocycles. The first kappa shape index (κ1) is 23.2. The Morgan fingerprint density at radius 2 is 2.14 bits per heavy atom. The van der Waals surface area contributed by atoms with Gasteiger partial charge in [0.25, 0.3) is 0 Å². The van der Waals surface area contributed by atoms with Crippen LogP contribution in [0.2, 0.25) is 0 Å². The summed E-state index contributed by atoms with van der Waals surface area (Å²) >= 11 is 0. The van der Waals surface area contributed by atoms with E-state index in [-0.39, 0.29) is 24.0 Å². The topological polar surface area (TPSA) is 68.2 Å². The normalized spacial score (nSPS) is 21.1. The number of guanidine groups is 1. The Hall–Kier alpha value is -1.13. The first-order valence-electron chi connectivity index (χ1n) is 9.96. The van der Waals surface area contributed by atoms with Crippen LogP contribution in [0.4, 0.5) is 0 Å². The van der Waals surface area contributed by atoms with E-state index >= 15 is 0 Å². The van der Waals surface area contributed by atoms with E-state index in [4.69, 9.17) is 14.2 Å². The molecule has 158 valence electrons. The van der Waals surface area contributed by atoms with E-state index in [9.17, 15) is 0 Å². The molecule has 0 bridgehead atoms. The maximum Gasteiger partial charge on any atom is 0.213 e. The van der Waals surface area contributed by atoms with E-state index in [2.05, 4.69) is 20.2 Å². The minimum Gasteiger partial charge on any atom is -0.481 e. The highest BCUT2D eigenvalue weighted by atomic mass is 127. The van der Waals surface area contributed by atoms with Crippen LogP contribution >= 0.6 is 24.0 Å². The molecule has 2 fully saturated rings. The molecule has 3 heterocycles. The summed E-state index contributed by atoms with van der Waals surface area (Å²) in [4.78, 5) is 10.9. The number of halogens is 1. The number of likely N-dealkylation sites (tertiary alicyclic amines) is 1. The van der Waals surface area contributed by atoms with Crippen LogP contribution in [0, 0.1) is 0 Å². The number of rotatable bonds is 6. The molecule has 1 atom stereocenters. The van der Waals surface area contributed by atoms with Gasteiger partial charge in [0.15, 0.2) is 5.96 Å². The van der Waals surface area contributed by atoms with Crippen LogP contribution < -0.4 is 10.1 Å². The Balaban J connectivity index is 0.00000280. The molecule has 0 amide bonds. The number of pyridine rings is 1. The van der Waals surface area contributed by atoms with Crippen molar-refractivity contribution < 1.29 is 14.2 Å². The number of aromatic nitrogens is 1. The molecule has 2 saturated heterocycles. The van der Waals surface area contributed by atoms with Crippen molar-refractivity contribution in [1.29, 1.82) is 0 Å². The Labute approximate surface area is 185 Å². The van der Waals surface area contributed by atoms with Gasteiger partial charge >= 0.3 is 0 Å². The van der Waals surface area contributed by atoms with E-state index in [0.29, 0.717) is 24.6 Å². The molecular weight excluding hydrogens is 471 g/mol. The molecular formula is C20H33IN4O3. The fourth-order valence-electron chi connectivity index (χ4n) is 3.60. The maximum atomic E-state index is 6.11. The van der Waals surface area contributed by atoms with Gasteiger partial charge in [0, 0.05) is 45.6 Å².